The van der Waals surface area contributed by atoms with Gasteiger partial charge in [0.15, 0.2) is 16.6 Å². The summed E-state index contributed by atoms with van der Waals surface area (Å²) in [5.41, 5.74) is 0.185. The minimum atomic E-state index is -1.10. The molecule has 0 atom stereocenters. The molecule has 0 radical (unpaired) electrons. The van der Waals surface area contributed by atoms with Crippen molar-refractivity contribution in [1.29, 1.82) is 0 Å². The fourth-order valence-corrected chi connectivity index (χ4v) is 1.30. The number of halogens is 1. The summed E-state index contributed by atoms with van der Waals surface area (Å²) in [6.45, 7) is 1.66. The van der Waals surface area contributed by atoms with E-state index >= 15 is 0 Å². The first-order valence-electron chi connectivity index (χ1n) is 3.71. The number of hydrogen-bond donors (Lipinski definition) is 1. The molecule has 0 fully saturated rings. The molecule has 0 spiro atoms. The van der Waals surface area contributed by atoms with Crippen LogP contribution in [0.1, 0.15) is 16.2 Å². The van der Waals surface area contributed by atoms with Crippen molar-refractivity contribution in [3.8, 4) is 0 Å². The van der Waals surface area contributed by atoms with E-state index in [-0.39, 0.29) is 16.4 Å². The van der Waals surface area contributed by atoms with Gasteiger partial charge in [0, 0.05) is 0 Å². The van der Waals surface area contributed by atoms with Crippen LogP contribution in [0.5, 0.6) is 0 Å². The Bertz CT molecular complexity index is 522. The number of hydrogen-bond acceptors (Lipinski definition) is 4. The van der Waals surface area contributed by atoms with Crippen molar-refractivity contribution in [3.63, 3.8) is 0 Å². The van der Waals surface area contributed by atoms with Crippen LogP contribution in [0.4, 0.5) is 0 Å². The lowest BCUT2D eigenvalue weighted by Gasteiger charge is -1.98. The van der Waals surface area contributed by atoms with Gasteiger partial charge in [0.2, 0.25) is 0 Å². The summed E-state index contributed by atoms with van der Waals surface area (Å²) in [7, 11) is 0. The van der Waals surface area contributed by atoms with Crippen LogP contribution in [-0.4, -0.2) is 30.9 Å². The van der Waals surface area contributed by atoms with Crippen LogP contribution in [0.15, 0.2) is 6.07 Å². The highest BCUT2D eigenvalue weighted by molar-refractivity contribution is 6.29. The molecule has 0 aliphatic rings. The van der Waals surface area contributed by atoms with Crippen LogP contribution in [0.25, 0.3) is 5.65 Å². The normalized spacial score (nSPS) is 10.7. The van der Waals surface area contributed by atoms with Crippen LogP contribution in [0, 0.1) is 6.92 Å². The molecule has 0 aliphatic heterocycles. The predicted octanol–water partition coefficient (Wildman–Crippen LogP) is 0.784. The Balaban J connectivity index is 2.88. The third-order valence-corrected chi connectivity index (χ3v) is 1.91. The zero-order chi connectivity index (χ0) is 10.3. The lowest BCUT2D eigenvalue weighted by Crippen LogP contribution is -2.04. The van der Waals surface area contributed by atoms with Crippen molar-refractivity contribution >= 4 is 23.2 Å². The molecule has 1 N–H and O–H groups in total. The molecule has 6 nitrogen and oxygen atoms in total. The summed E-state index contributed by atoms with van der Waals surface area (Å²) < 4.78 is 1.30. The van der Waals surface area contributed by atoms with Gasteiger partial charge in [-0.1, -0.05) is 11.6 Å². The maximum absolute atomic E-state index is 10.8. The molecule has 0 saturated heterocycles. The van der Waals surface area contributed by atoms with Crippen LogP contribution in [0.3, 0.4) is 0 Å². The van der Waals surface area contributed by atoms with Crippen molar-refractivity contribution < 1.29 is 9.90 Å². The first kappa shape index (κ1) is 8.89. The summed E-state index contributed by atoms with van der Waals surface area (Å²) >= 11 is 5.65. The standard InChI is InChI=1S/C7H5ClN4O2/c1-3-9-10-6-4(7(13)14)2-5(8)11-12(3)6/h2H,1H3,(H,13,14). The van der Waals surface area contributed by atoms with Gasteiger partial charge in [0.1, 0.15) is 5.56 Å². The van der Waals surface area contributed by atoms with E-state index in [0.29, 0.717) is 5.82 Å². The fourth-order valence-electron chi connectivity index (χ4n) is 1.11. The number of rotatable bonds is 1. The van der Waals surface area contributed by atoms with Crippen LogP contribution < -0.4 is 0 Å². The summed E-state index contributed by atoms with van der Waals surface area (Å²) in [6.07, 6.45) is 0. The molecule has 0 amide bonds. The smallest absolute Gasteiger partial charge is 0.339 e. The number of carboxylic acids is 1. The van der Waals surface area contributed by atoms with Gasteiger partial charge in [-0.3, -0.25) is 0 Å². The summed E-state index contributed by atoms with van der Waals surface area (Å²) in [4.78, 5) is 10.8. The average Bonchev–Trinajstić information content (AvgIpc) is 2.47. The van der Waals surface area contributed by atoms with E-state index in [4.69, 9.17) is 16.7 Å². The van der Waals surface area contributed by atoms with E-state index in [1.807, 2.05) is 0 Å². The Kier molecular flexibility index (Phi) is 1.85. The van der Waals surface area contributed by atoms with Crippen LogP contribution in [-0.2, 0) is 0 Å². The summed E-state index contributed by atoms with van der Waals surface area (Å²) in [5.74, 6) is -0.614. The second kappa shape index (κ2) is 2.91. The van der Waals surface area contributed by atoms with E-state index in [9.17, 15) is 4.79 Å². The Hall–Kier alpha value is -1.69. The Morgan fingerprint density at radius 2 is 2.29 bits per heavy atom. The number of aryl methyl sites for hydroxylation is 1. The lowest BCUT2D eigenvalue weighted by atomic mass is 10.3. The topological polar surface area (TPSA) is 80.4 Å². The summed E-state index contributed by atoms with van der Waals surface area (Å²) in [5, 5.41) is 20.2. The van der Waals surface area contributed by atoms with E-state index in [1.165, 1.54) is 10.6 Å². The van der Waals surface area contributed by atoms with Gasteiger partial charge in [-0.25, -0.2) is 4.79 Å². The van der Waals surface area contributed by atoms with Gasteiger partial charge in [0.25, 0.3) is 0 Å². The van der Waals surface area contributed by atoms with Crippen LogP contribution in [0.2, 0.25) is 5.15 Å². The Morgan fingerprint density at radius 1 is 1.57 bits per heavy atom. The molecule has 2 rings (SSSR count). The Morgan fingerprint density at radius 3 is 2.93 bits per heavy atom. The van der Waals surface area contributed by atoms with Gasteiger partial charge in [-0.05, 0) is 13.0 Å². The van der Waals surface area contributed by atoms with Crippen molar-refractivity contribution in [2.45, 2.75) is 6.92 Å². The number of carboxylic acid groups (broad SMARTS) is 1. The second-order valence-electron chi connectivity index (χ2n) is 2.67. The molecular formula is C7H5ClN4O2. The lowest BCUT2D eigenvalue weighted by molar-refractivity contribution is 0.0698. The summed E-state index contributed by atoms with van der Waals surface area (Å²) in [6, 6.07) is 1.24. The van der Waals surface area contributed by atoms with Gasteiger partial charge < -0.3 is 5.11 Å². The van der Waals surface area contributed by atoms with Crippen molar-refractivity contribution in [3.05, 3.63) is 22.6 Å². The SMILES string of the molecule is Cc1nnc2c(C(=O)O)cc(Cl)nn12. The molecule has 0 unspecified atom stereocenters. The molecular weight excluding hydrogens is 208 g/mol. The largest absolute Gasteiger partial charge is 0.478 e. The first-order valence-corrected chi connectivity index (χ1v) is 4.09. The molecule has 7 heteroatoms. The van der Waals surface area contributed by atoms with Crippen molar-refractivity contribution in [1.82, 2.24) is 19.8 Å². The van der Waals surface area contributed by atoms with Gasteiger partial charge >= 0.3 is 5.97 Å². The van der Waals surface area contributed by atoms with E-state index in [1.54, 1.807) is 6.92 Å². The monoisotopic (exact) mass is 212 g/mol. The highest BCUT2D eigenvalue weighted by Crippen LogP contribution is 2.13. The van der Waals surface area contributed by atoms with E-state index in [0.717, 1.165) is 0 Å². The molecule has 0 bridgehead atoms. The number of aromatic nitrogens is 4. The highest BCUT2D eigenvalue weighted by Gasteiger charge is 2.14. The maximum atomic E-state index is 10.8. The molecule has 72 valence electrons. The third kappa shape index (κ3) is 1.20. The van der Waals surface area contributed by atoms with E-state index < -0.39 is 5.97 Å². The highest BCUT2D eigenvalue weighted by atomic mass is 35.5. The van der Waals surface area contributed by atoms with Gasteiger partial charge in [-0.2, -0.15) is 9.61 Å². The minimum Gasteiger partial charge on any atom is -0.478 e. The van der Waals surface area contributed by atoms with Crippen molar-refractivity contribution in [2.75, 3.05) is 0 Å². The predicted molar refractivity (Wildman–Crippen MR) is 47.5 cm³/mol. The van der Waals surface area contributed by atoms with Gasteiger partial charge in [0.05, 0.1) is 0 Å². The number of aromatic carboxylic acids is 1. The quantitative estimate of drug-likeness (QED) is 0.756. The third-order valence-electron chi connectivity index (χ3n) is 1.73. The zero-order valence-electron chi connectivity index (χ0n) is 7.10. The number of fused-ring (bicyclic) bond motifs is 1. The van der Waals surface area contributed by atoms with E-state index in [2.05, 4.69) is 15.3 Å². The van der Waals surface area contributed by atoms with Crippen LogP contribution >= 0.6 is 11.6 Å². The molecule has 14 heavy (non-hydrogen) atoms. The molecule has 0 aromatic carbocycles. The fraction of sp³-hybridized carbons (Fsp3) is 0.143. The maximum Gasteiger partial charge on any atom is 0.339 e. The second-order valence-corrected chi connectivity index (χ2v) is 3.06. The Labute approximate surface area is 83.1 Å². The number of carbonyl (C=O) groups is 1. The van der Waals surface area contributed by atoms with Crippen molar-refractivity contribution in [2.24, 2.45) is 0 Å². The molecule has 0 saturated carbocycles. The first-order chi connectivity index (χ1) is 6.59. The molecule has 2 aromatic heterocycles. The number of nitrogens with zero attached hydrogens (tertiary/aromatic N) is 4. The molecule has 2 heterocycles. The average molecular weight is 213 g/mol. The molecule has 0 aliphatic carbocycles. The zero-order valence-corrected chi connectivity index (χ0v) is 7.86. The van der Waals surface area contributed by atoms with Gasteiger partial charge in [-0.15, -0.1) is 10.2 Å². The molecule has 2 aromatic rings. The minimum absolute atomic E-state index is 0.00870.